The summed E-state index contributed by atoms with van der Waals surface area (Å²) in [4.78, 5) is 7.95. The minimum absolute atomic E-state index is 0.182. The van der Waals surface area contributed by atoms with E-state index in [0.717, 1.165) is 36.4 Å². The van der Waals surface area contributed by atoms with E-state index in [0.29, 0.717) is 11.9 Å². The minimum Gasteiger partial charge on any atom is -0.494 e. The van der Waals surface area contributed by atoms with Gasteiger partial charge in [-0.05, 0) is 43.5 Å². The van der Waals surface area contributed by atoms with Gasteiger partial charge in [-0.1, -0.05) is 12.1 Å². The molecule has 3 rings (SSSR count). The number of nitrogens with zero attached hydrogens (tertiary/aromatic N) is 2. The van der Waals surface area contributed by atoms with Gasteiger partial charge in [-0.2, -0.15) is 4.98 Å². The summed E-state index contributed by atoms with van der Waals surface area (Å²) in [6.07, 6.45) is 5.20. The molecule has 1 aliphatic rings. The summed E-state index contributed by atoms with van der Waals surface area (Å²) in [5.74, 6) is 1.42. The zero-order valence-corrected chi connectivity index (χ0v) is 12.5. The summed E-state index contributed by atoms with van der Waals surface area (Å²) in [6.45, 7) is 1.86. The molecule has 2 heterocycles. The third-order valence-corrected chi connectivity index (χ3v) is 3.90. The molecule has 1 atom stereocenters. The van der Waals surface area contributed by atoms with E-state index < -0.39 is 0 Å². The quantitative estimate of drug-likeness (QED) is 0.779. The molecule has 0 bridgehead atoms. The summed E-state index contributed by atoms with van der Waals surface area (Å²) in [7, 11) is 0. The monoisotopic (exact) mass is 299 g/mol. The molecule has 0 spiro atoms. The van der Waals surface area contributed by atoms with Crippen molar-refractivity contribution in [2.24, 2.45) is 0 Å². The number of hydrogen-bond donors (Lipinski definition) is 3. The van der Waals surface area contributed by atoms with Gasteiger partial charge < -0.3 is 21.5 Å². The van der Waals surface area contributed by atoms with Crippen molar-refractivity contribution in [2.45, 2.75) is 25.3 Å². The third kappa shape index (κ3) is 3.46. The highest BCUT2D eigenvalue weighted by molar-refractivity contribution is 5.73. The number of rotatable bonds is 5. The fourth-order valence-electron chi connectivity index (χ4n) is 2.68. The Morgan fingerprint density at radius 2 is 2.05 bits per heavy atom. The van der Waals surface area contributed by atoms with Crippen LogP contribution in [-0.4, -0.2) is 29.2 Å². The van der Waals surface area contributed by atoms with Gasteiger partial charge in [-0.15, -0.1) is 0 Å². The molecule has 6 nitrogen and oxygen atoms in total. The van der Waals surface area contributed by atoms with Gasteiger partial charge in [-0.25, -0.2) is 4.98 Å². The first-order valence-electron chi connectivity index (χ1n) is 7.57. The van der Waals surface area contributed by atoms with Crippen LogP contribution in [0, 0.1) is 0 Å². The number of nitrogen functional groups attached to an aromatic ring is 2. The molecule has 22 heavy (non-hydrogen) atoms. The van der Waals surface area contributed by atoms with Gasteiger partial charge in [0.05, 0.1) is 6.61 Å². The van der Waals surface area contributed by atoms with Crippen LogP contribution in [0.1, 0.15) is 19.3 Å². The number of benzene rings is 1. The molecule has 1 aliphatic heterocycles. The average Bonchev–Trinajstić information content (AvgIpc) is 3.02. The smallest absolute Gasteiger partial charge is 0.221 e. The third-order valence-electron chi connectivity index (χ3n) is 3.90. The molecule has 0 radical (unpaired) electrons. The van der Waals surface area contributed by atoms with Crippen LogP contribution in [0.4, 0.5) is 11.8 Å². The fraction of sp³-hybridized carbons (Fsp3) is 0.375. The van der Waals surface area contributed by atoms with Crippen LogP contribution in [0.3, 0.4) is 0 Å². The normalized spacial score (nSPS) is 17.5. The summed E-state index contributed by atoms with van der Waals surface area (Å²) < 4.78 is 5.79. The molecule has 1 fully saturated rings. The second-order valence-electron chi connectivity index (χ2n) is 5.48. The first-order chi connectivity index (χ1) is 10.7. The number of anilines is 2. The van der Waals surface area contributed by atoms with E-state index in [1.165, 1.54) is 12.8 Å². The molecular formula is C16H21N5O. The largest absolute Gasteiger partial charge is 0.494 e. The lowest BCUT2D eigenvalue weighted by molar-refractivity contribution is 0.292. The Labute approximate surface area is 129 Å². The van der Waals surface area contributed by atoms with Crippen molar-refractivity contribution in [3.8, 4) is 16.9 Å². The molecule has 116 valence electrons. The van der Waals surface area contributed by atoms with Crippen LogP contribution >= 0.6 is 0 Å². The highest BCUT2D eigenvalue weighted by Gasteiger charge is 2.13. The second kappa shape index (κ2) is 6.62. The molecule has 0 saturated carbocycles. The van der Waals surface area contributed by atoms with E-state index in [9.17, 15) is 0 Å². The van der Waals surface area contributed by atoms with Crippen LogP contribution in [0.5, 0.6) is 5.75 Å². The van der Waals surface area contributed by atoms with Gasteiger partial charge >= 0.3 is 0 Å². The summed E-state index contributed by atoms with van der Waals surface area (Å²) in [5, 5.41) is 3.47. The Balaban J connectivity index is 1.59. The molecule has 0 amide bonds. The van der Waals surface area contributed by atoms with Crippen molar-refractivity contribution in [1.29, 1.82) is 0 Å². The Morgan fingerprint density at radius 3 is 2.73 bits per heavy atom. The van der Waals surface area contributed by atoms with Crippen LogP contribution in [0.15, 0.2) is 30.5 Å². The maximum absolute atomic E-state index is 5.87. The van der Waals surface area contributed by atoms with E-state index in [-0.39, 0.29) is 5.95 Å². The molecule has 1 saturated heterocycles. The van der Waals surface area contributed by atoms with E-state index in [4.69, 9.17) is 16.2 Å². The average molecular weight is 299 g/mol. The SMILES string of the molecule is Nc1ncc(-c2ccc(OCCC3CCCN3)cc2)c(N)n1. The highest BCUT2D eigenvalue weighted by atomic mass is 16.5. The zero-order chi connectivity index (χ0) is 15.4. The number of ether oxygens (including phenoxy) is 1. The van der Waals surface area contributed by atoms with Crippen LogP contribution in [0.2, 0.25) is 0 Å². The predicted octanol–water partition coefficient (Wildman–Crippen LogP) is 1.83. The molecule has 1 unspecified atom stereocenters. The molecular weight excluding hydrogens is 278 g/mol. The van der Waals surface area contributed by atoms with E-state index >= 15 is 0 Å². The van der Waals surface area contributed by atoms with Gasteiger partial charge in [0.1, 0.15) is 11.6 Å². The maximum atomic E-state index is 5.87. The van der Waals surface area contributed by atoms with E-state index in [2.05, 4.69) is 15.3 Å². The number of nitrogens with one attached hydrogen (secondary N) is 1. The van der Waals surface area contributed by atoms with Crippen molar-refractivity contribution < 1.29 is 4.74 Å². The maximum Gasteiger partial charge on any atom is 0.221 e. The van der Waals surface area contributed by atoms with Crippen LogP contribution < -0.4 is 21.5 Å². The number of aromatic nitrogens is 2. The van der Waals surface area contributed by atoms with Crippen LogP contribution in [0.25, 0.3) is 11.1 Å². The van der Waals surface area contributed by atoms with E-state index in [1.54, 1.807) is 6.20 Å². The Bertz CT molecular complexity index is 623. The number of hydrogen-bond acceptors (Lipinski definition) is 6. The Hall–Kier alpha value is -2.34. The van der Waals surface area contributed by atoms with Gasteiger partial charge in [0.2, 0.25) is 5.95 Å². The Kier molecular flexibility index (Phi) is 4.39. The topological polar surface area (TPSA) is 99.1 Å². The fourth-order valence-corrected chi connectivity index (χ4v) is 2.68. The van der Waals surface area contributed by atoms with Crippen LogP contribution in [-0.2, 0) is 0 Å². The van der Waals surface area contributed by atoms with Gasteiger partial charge in [-0.3, -0.25) is 0 Å². The first-order valence-corrected chi connectivity index (χ1v) is 7.57. The van der Waals surface area contributed by atoms with Crippen molar-refractivity contribution >= 4 is 11.8 Å². The highest BCUT2D eigenvalue weighted by Crippen LogP contribution is 2.26. The summed E-state index contributed by atoms with van der Waals surface area (Å²) in [5.41, 5.74) is 13.1. The first kappa shape index (κ1) is 14.6. The summed E-state index contributed by atoms with van der Waals surface area (Å²) in [6, 6.07) is 8.38. The number of nitrogens with two attached hydrogens (primary N) is 2. The van der Waals surface area contributed by atoms with Gasteiger partial charge in [0.15, 0.2) is 0 Å². The van der Waals surface area contributed by atoms with Gasteiger partial charge in [0, 0.05) is 17.8 Å². The van der Waals surface area contributed by atoms with Crippen molar-refractivity contribution in [2.75, 3.05) is 24.6 Å². The predicted molar refractivity (Wildman–Crippen MR) is 87.4 cm³/mol. The van der Waals surface area contributed by atoms with Crippen molar-refractivity contribution in [1.82, 2.24) is 15.3 Å². The molecule has 1 aromatic carbocycles. The van der Waals surface area contributed by atoms with Crippen molar-refractivity contribution in [3.63, 3.8) is 0 Å². The standard InChI is InChI=1S/C16H21N5O/c17-15-14(10-20-16(18)21-15)11-3-5-13(6-4-11)22-9-7-12-2-1-8-19-12/h3-6,10,12,19H,1-2,7-9H2,(H4,17,18,20,21). The molecule has 0 aliphatic carbocycles. The van der Waals surface area contributed by atoms with E-state index in [1.807, 2.05) is 24.3 Å². The minimum atomic E-state index is 0.182. The lowest BCUT2D eigenvalue weighted by Gasteiger charge is -2.12. The lowest BCUT2D eigenvalue weighted by Crippen LogP contribution is -2.23. The molecule has 6 heteroatoms. The summed E-state index contributed by atoms with van der Waals surface area (Å²) >= 11 is 0. The molecule has 5 N–H and O–H groups in total. The second-order valence-corrected chi connectivity index (χ2v) is 5.48. The zero-order valence-electron chi connectivity index (χ0n) is 12.5. The Morgan fingerprint density at radius 1 is 1.23 bits per heavy atom. The van der Waals surface area contributed by atoms with Crippen molar-refractivity contribution in [3.05, 3.63) is 30.5 Å². The van der Waals surface area contributed by atoms with Gasteiger partial charge in [0.25, 0.3) is 0 Å². The molecule has 2 aromatic rings. The lowest BCUT2D eigenvalue weighted by atomic mass is 10.1. The molecule has 1 aromatic heterocycles.